The summed E-state index contributed by atoms with van der Waals surface area (Å²) in [6.07, 6.45) is 1.29. The first kappa shape index (κ1) is 13.6. The number of nitrogens with zero attached hydrogens (tertiary/aromatic N) is 3. The Kier molecular flexibility index (Phi) is 3.34. The van der Waals surface area contributed by atoms with Crippen molar-refractivity contribution in [2.75, 3.05) is 10.6 Å². The molecule has 1 aliphatic heterocycles. The summed E-state index contributed by atoms with van der Waals surface area (Å²) in [4.78, 5) is 27.7. The maximum absolute atomic E-state index is 12.1. The third-order valence-electron chi connectivity index (χ3n) is 3.18. The minimum atomic E-state index is -0.688. The molecule has 1 aromatic heterocycles. The molecule has 0 unspecified atom stereocenters. The van der Waals surface area contributed by atoms with E-state index in [-0.39, 0.29) is 18.2 Å². The number of hydrogen-bond donors (Lipinski definition) is 2. The Balaban J connectivity index is 1.71. The van der Waals surface area contributed by atoms with E-state index in [1.165, 1.54) is 11.0 Å². The van der Waals surface area contributed by atoms with Gasteiger partial charge in [0.2, 0.25) is 11.9 Å². The van der Waals surface area contributed by atoms with Crippen LogP contribution in [-0.4, -0.2) is 26.6 Å². The van der Waals surface area contributed by atoms with Gasteiger partial charge in [-0.2, -0.15) is 10.1 Å². The first-order valence-electron chi connectivity index (χ1n) is 6.31. The van der Waals surface area contributed by atoms with Crippen LogP contribution in [0.3, 0.4) is 0 Å². The average molecular weight is 306 g/mol. The summed E-state index contributed by atoms with van der Waals surface area (Å²) in [5, 5.41) is 9.65. The van der Waals surface area contributed by atoms with Crippen molar-refractivity contribution in [3.63, 3.8) is 0 Å². The van der Waals surface area contributed by atoms with Crippen LogP contribution in [-0.2, 0) is 9.59 Å². The standard InChI is InChI=1S/C13H12ClN5O2/c1-7-2-3-9(8(14)4-7)17-11(20)5-10-12(21)18-13-15-6-16-19(10)13/h2-4,6,10H,5H2,1H3,(H,17,20)(H,15,16,18,21)/t10-/m0/s1. The number of fused-ring (bicyclic) bond motifs is 1. The van der Waals surface area contributed by atoms with Crippen molar-refractivity contribution in [1.29, 1.82) is 0 Å². The van der Waals surface area contributed by atoms with Crippen molar-refractivity contribution in [3.05, 3.63) is 35.1 Å². The molecular formula is C13H12ClN5O2. The highest BCUT2D eigenvalue weighted by molar-refractivity contribution is 6.33. The summed E-state index contributed by atoms with van der Waals surface area (Å²) in [6, 6.07) is 4.64. The fourth-order valence-corrected chi connectivity index (χ4v) is 2.43. The first-order valence-corrected chi connectivity index (χ1v) is 6.69. The normalized spacial score (nSPS) is 16.5. The van der Waals surface area contributed by atoms with Crippen molar-refractivity contribution in [2.45, 2.75) is 19.4 Å². The second-order valence-electron chi connectivity index (χ2n) is 4.77. The molecule has 1 aliphatic rings. The molecule has 0 saturated carbocycles. The summed E-state index contributed by atoms with van der Waals surface area (Å²) >= 11 is 6.06. The molecule has 8 heteroatoms. The lowest BCUT2D eigenvalue weighted by Crippen LogP contribution is -2.23. The summed E-state index contributed by atoms with van der Waals surface area (Å²) in [7, 11) is 0. The first-order chi connectivity index (χ1) is 10.0. The lowest BCUT2D eigenvalue weighted by molar-refractivity contribution is -0.123. The van der Waals surface area contributed by atoms with Gasteiger partial charge in [0.25, 0.3) is 5.91 Å². The SMILES string of the molecule is Cc1ccc(NC(=O)C[C@H]2C(=O)Nc3ncnn32)c(Cl)c1. The van der Waals surface area contributed by atoms with Crippen molar-refractivity contribution in [3.8, 4) is 0 Å². The minimum absolute atomic E-state index is 0.0353. The van der Waals surface area contributed by atoms with Crippen molar-refractivity contribution in [2.24, 2.45) is 0 Å². The van der Waals surface area contributed by atoms with Gasteiger partial charge in [0.15, 0.2) is 0 Å². The Bertz CT molecular complexity index is 727. The summed E-state index contributed by atoms with van der Waals surface area (Å²) < 4.78 is 1.40. The zero-order valence-electron chi connectivity index (χ0n) is 11.1. The van der Waals surface area contributed by atoms with E-state index in [1.54, 1.807) is 12.1 Å². The molecule has 108 valence electrons. The van der Waals surface area contributed by atoms with Crippen molar-refractivity contribution in [1.82, 2.24) is 14.8 Å². The third kappa shape index (κ3) is 2.59. The number of halogens is 1. The largest absolute Gasteiger partial charge is 0.325 e. The zero-order valence-corrected chi connectivity index (χ0v) is 11.9. The lowest BCUT2D eigenvalue weighted by atomic mass is 10.2. The maximum Gasteiger partial charge on any atom is 0.252 e. The fraction of sp³-hybridized carbons (Fsp3) is 0.231. The van der Waals surface area contributed by atoms with Crippen molar-refractivity contribution < 1.29 is 9.59 Å². The van der Waals surface area contributed by atoms with Gasteiger partial charge in [-0.15, -0.1) is 0 Å². The molecule has 0 bridgehead atoms. The Labute approximate surface area is 125 Å². The number of aromatic nitrogens is 3. The molecule has 2 aromatic rings. The van der Waals surface area contributed by atoms with Gasteiger partial charge < -0.3 is 5.32 Å². The van der Waals surface area contributed by atoms with Crippen LogP contribution in [0.5, 0.6) is 0 Å². The lowest BCUT2D eigenvalue weighted by Gasteiger charge is -2.11. The molecule has 2 N–H and O–H groups in total. The zero-order chi connectivity index (χ0) is 15.0. The molecule has 0 fully saturated rings. The Hall–Kier alpha value is -2.41. The summed E-state index contributed by atoms with van der Waals surface area (Å²) in [5.74, 6) is -0.258. The van der Waals surface area contributed by atoms with Crippen LogP contribution in [0, 0.1) is 6.92 Å². The van der Waals surface area contributed by atoms with Crippen LogP contribution in [0.1, 0.15) is 18.0 Å². The van der Waals surface area contributed by atoms with Crippen LogP contribution in [0.4, 0.5) is 11.6 Å². The molecular weight excluding hydrogens is 294 g/mol. The van der Waals surface area contributed by atoms with Gasteiger partial charge in [0.1, 0.15) is 12.4 Å². The number of anilines is 2. The van der Waals surface area contributed by atoms with E-state index in [9.17, 15) is 9.59 Å². The van der Waals surface area contributed by atoms with Crippen LogP contribution in [0.2, 0.25) is 5.02 Å². The Morgan fingerprint density at radius 2 is 2.33 bits per heavy atom. The van der Waals surface area contributed by atoms with Gasteiger partial charge in [0, 0.05) is 0 Å². The highest BCUT2D eigenvalue weighted by Gasteiger charge is 2.33. The van der Waals surface area contributed by atoms with Crippen LogP contribution in [0.15, 0.2) is 24.5 Å². The number of carbonyl (C=O) groups excluding carboxylic acids is 2. The van der Waals surface area contributed by atoms with E-state index in [4.69, 9.17) is 11.6 Å². The van der Waals surface area contributed by atoms with E-state index in [0.717, 1.165) is 5.56 Å². The van der Waals surface area contributed by atoms with E-state index in [0.29, 0.717) is 16.7 Å². The molecule has 0 spiro atoms. The maximum atomic E-state index is 12.1. The number of carbonyl (C=O) groups is 2. The van der Waals surface area contributed by atoms with E-state index in [2.05, 4.69) is 20.7 Å². The van der Waals surface area contributed by atoms with Crippen molar-refractivity contribution >= 4 is 35.1 Å². The van der Waals surface area contributed by atoms with Gasteiger partial charge in [-0.25, -0.2) is 4.68 Å². The molecule has 1 aromatic carbocycles. The van der Waals surface area contributed by atoms with Gasteiger partial charge in [-0.3, -0.25) is 14.9 Å². The fourth-order valence-electron chi connectivity index (χ4n) is 2.15. The van der Waals surface area contributed by atoms with Crippen LogP contribution >= 0.6 is 11.6 Å². The predicted octanol–water partition coefficient (Wildman–Crippen LogP) is 1.76. The predicted molar refractivity (Wildman–Crippen MR) is 77.1 cm³/mol. The Morgan fingerprint density at radius 3 is 3.10 bits per heavy atom. The number of aryl methyl sites for hydroxylation is 1. The van der Waals surface area contributed by atoms with E-state index < -0.39 is 6.04 Å². The average Bonchev–Trinajstić information content (AvgIpc) is 2.96. The number of nitrogens with one attached hydrogen (secondary N) is 2. The molecule has 0 radical (unpaired) electrons. The number of benzene rings is 1. The Morgan fingerprint density at radius 1 is 1.52 bits per heavy atom. The molecule has 2 heterocycles. The topological polar surface area (TPSA) is 88.9 Å². The smallest absolute Gasteiger partial charge is 0.252 e. The summed E-state index contributed by atoms with van der Waals surface area (Å²) in [5.41, 5.74) is 1.52. The highest BCUT2D eigenvalue weighted by Crippen LogP contribution is 2.26. The second kappa shape index (κ2) is 5.17. The van der Waals surface area contributed by atoms with Gasteiger partial charge >= 0.3 is 0 Å². The second-order valence-corrected chi connectivity index (χ2v) is 5.18. The van der Waals surface area contributed by atoms with Gasteiger partial charge in [0.05, 0.1) is 17.1 Å². The van der Waals surface area contributed by atoms with Gasteiger partial charge in [-0.1, -0.05) is 17.7 Å². The number of rotatable bonds is 3. The molecule has 3 rings (SSSR count). The third-order valence-corrected chi connectivity index (χ3v) is 3.50. The molecule has 21 heavy (non-hydrogen) atoms. The summed E-state index contributed by atoms with van der Waals surface area (Å²) in [6.45, 7) is 1.91. The molecule has 2 amide bonds. The molecule has 7 nitrogen and oxygen atoms in total. The quantitative estimate of drug-likeness (QED) is 0.904. The minimum Gasteiger partial charge on any atom is -0.325 e. The molecule has 0 aliphatic carbocycles. The monoisotopic (exact) mass is 305 g/mol. The highest BCUT2D eigenvalue weighted by atomic mass is 35.5. The van der Waals surface area contributed by atoms with Gasteiger partial charge in [-0.05, 0) is 24.6 Å². The molecule has 0 saturated heterocycles. The van der Waals surface area contributed by atoms with Crippen LogP contribution < -0.4 is 10.6 Å². The van der Waals surface area contributed by atoms with Crippen LogP contribution in [0.25, 0.3) is 0 Å². The number of amides is 2. The van der Waals surface area contributed by atoms with E-state index in [1.807, 2.05) is 13.0 Å². The molecule has 1 atom stereocenters. The van der Waals surface area contributed by atoms with E-state index >= 15 is 0 Å². The number of hydrogen-bond acceptors (Lipinski definition) is 4.